The summed E-state index contributed by atoms with van der Waals surface area (Å²) in [4.78, 5) is 18.5. The summed E-state index contributed by atoms with van der Waals surface area (Å²) < 4.78 is 5.22. The molecule has 0 saturated carbocycles. The second-order valence-corrected chi connectivity index (χ2v) is 6.82. The second kappa shape index (κ2) is 7.19. The van der Waals surface area contributed by atoms with Gasteiger partial charge in [-0.3, -0.25) is 4.79 Å². The highest BCUT2D eigenvalue weighted by molar-refractivity contribution is 5.76. The lowest BCUT2D eigenvalue weighted by molar-refractivity contribution is -0.123. The zero-order valence-electron chi connectivity index (χ0n) is 14.0. The topological polar surface area (TPSA) is 83.3 Å². The Hall–Kier alpha value is -1.47. The van der Waals surface area contributed by atoms with Gasteiger partial charge in [0.1, 0.15) is 0 Å². The standard InChI is InChI=1S/C15H27N5O2/c1-15(2,14-17-13(22-19-14)10-20(3)4)18-12(21)6-5-11-7-8-16-9-11/h11,16H,5-10H2,1-4H3,(H,18,21). The van der Waals surface area contributed by atoms with Crippen molar-refractivity contribution >= 4 is 5.91 Å². The Morgan fingerprint density at radius 2 is 2.27 bits per heavy atom. The molecule has 1 saturated heterocycles. The molecule has 2 heterocycles. The molecule has 2 rings (SSSR count). The Labute approximate surface area is 131 Å². The molecule has 1 unspecified atom stereocenters. The Morgan fingerprint density at radius 3 is 2.91 bits per heavy atom. The van der Waals surface area contributed by atoms with Gasteiger partial charge in [-0.15, -0.1) is 0 Å². The summed E-state index contributed by atoms with van der Waals surface area (Å²) in [5.41, 5.74) is -0.626. The van der Waals surface area contributed by atoms with Crippen LogP contribution < -0.4 is 10.6 Å². The minimum atomic E-state index is -0.626. The maximum atomic E-state index is 12.1. The predicted octanol–water partition coefficient (Wildman–Crippen LogP) is 0.872. The number of aromatic nitrogens is 2. The predicted molar refractivity (Wildman–Crippen MR) is 83.1 cm³/mol. The van der Waals surface area contributed by atoms with Gasteiger partial charge in [-0.2, -0.15) is 4.98 Å². The maximum Gasteiger partial charge on any atom is 0.240 e. The van der Waals surface area contributed by atoms with Crippen LogP contribution in [0.1, 0.15) is 44.8 Å². The molecule has 0 aliphatic carbocycles. The molecule has 7 heteroatoms. The minimum Gasteiger partial charge on any atom is -0.344 e. The molecule has 0 bridgehead atoms. The van der Waals surface area contributed by atoms with E-state index in [0.29, 0.717) is 30.6 Å². The van der Waals surface area contributed by atoms with Crippen molar-refractivity contribution in [2.45, 2.75) is 45.2 Å². The van der Waals surface area contributed by atoms with Crippen molar-refractivity contribution in [1.82, 2.24) is 25.7 Å². The van der Waals surface area contributed by atoms with Gasteiger partial charge in [0.25, 0.3) is 0 Å². The molecular weight excluding hydrogens is 282 g/mol. The number of hydrogen-bond acceptors (Lipinski definition) is 6. The largest absolute Gasteiger partial charge is 0.344 e. The first-order chi connectivity index (χ1) is 10.4. The second-order valence-electron chi connectivity index (χ2n) is 6.82. The molecule has 0 radical (unpaired) electrons. The molecule has 124 valence electrons. The van der Waals surface area contributed by atoms with Crippen LogP contribution in [0.25, 0.3) is 0 Å². The van der Waals surface area contributed by atoms with Gasteiger partial charge >= 0.3 is 0 Å². The SMILES string of the molecule is CN(C)Cc1nc(C(C)(C)NC(=O)CCC2CCNC2)no1. The Balaban J connectivity index is 1.85. The molecule has 1 aromatic rings. The fraction of sp³-hybridized carbons (Fsp3) is 0.800. The molecular formula is C15H27N5O2. The first-order valence-electron chi connectivity index (χ1n) is 7.86. The molecule has 1 aromatic heterocycles. The van der Waals surface area contributed by atoms with E-state index in [1.807, 2.05) is 32.8 Å². The summed E-state index contributed by atoms with van der Waals surface area (Å²) in [5.74, 6) is 1.72. The maximum absolute atomic E-state index is 12.1. The quantitative estimate of drug-likeness (QED) is 0.778. The summed E-state index contributed by atoms with van der Waals surface area (Å²) in [5, 5.41) is 10.3. The monoisotopic (exact) mass is 309 g/mol. The van der Waals surface area contributed by atoms with Crippen LogP contribution in [-0.4, -0.2) is 48.1 Å². The van der Waals surface area contributed by atoms with E-state index in [4.69, 9.17) is 4.52 Å². The summed E-state index contributed by atoms with van der Waals surface area (Å²) in [6.07, 6.45) is 2.63. The smallest absolute Gasteiger partial charge is 0.240 e. The fourth-order valence-electron chi connectivity index (χ4n) is 2.61. The molecule has 7 nitrogen and oxygen atoms in total. The lowest BCUT2D eigenvalue weighted by Crippen LogP contribution is -2.42. The molecule has 1 amide bonds. The lowest BCUT2D eigenvalue weighted by Gasteiger charge is -2.22. The van der Waals surface area contributed by atoms with E-state index in [-0.39, 0.29) is 5.91 Å². The van der Waals surface area contributed by atoms with Crippen molar-refractivity contribution in [1.29, 1.82) is 0 Å². The van der Waals surface area contributed by atoms with Gasteiger partial charge < -0.3 is 20.1 Å². The molecule has 1 aliphatic rings. The highest BCUT2D eigenvalue weighted by atomic mass is 16.5. The van der Waals surface area contributed by atoms with Crippen molar-refractivity contribution in [2.75, 3.05) is 27.2 Å². The number of hydrogen-bond donors (Lipinski definition) is 2. The number of amides is 1. The van der Waals surface area contributed by atoms with Gasteiger partial charge in [0.15, 0.2) is 5.82 Å². The first kappa shape index (κ1) is 16.9. The van der Waals surface area contributed by atoms with E-state index < -0.39 is 5.54 Å². The zero-order valence-corrected chi connectivity index (χ0v) is 14.0. The number of nitrogens with zero attached hydrogens (tertiary/aromatic N) is 3. The van der Waals surface area contributed by atoms with Crippen molar-refractivity contribution in [3.05, 3.63) is 11.7 Å². The van der Waals surface area contributed by atoms with Crippen LogP contribution in [0.2, 0.25) is 0 Å². The third-order valence-corrected chi connectivity index (χ3v) is 3.87. The Kier molecular flexibility index (Phi) is 5.52. The van der Waals surface area contributed by atoms with E-state index in [1.165, 1.54) is 0 Å². The van der Waals surface area contributed by atoms with Crippen LogP contribution in [0, 0.1) is 5.92 Å². The molecule has 0 aromatic carbocycles. The molecule has 0 spiro atoms. The van der Waals surface area contributed by atoms with E-state index in [9.17, 15) is 4.79 Å². The van der Waals surface area contributed by atoms with Crippen LogP contribution in [0.5, 0.6) is 0 Å². The van der Waals surface area contributed by atoms with Crippen molar-refractivity contribution in [3.8, 4) is 0 Å². The van der Waals surface area contributed by atoms with Gasteiger partial charge in [-0.05, 0) is 59.8 Å². The highest BCUT2D eigenvalue weighted by Gasteiger charge is 2.29. The zero-order chi connectivity index (χ0) is 16.2. The van der Waals surface area contributed by atoms with Gasteiger partial charge in [0.2, 0.25) is 11.8 Å². The highest BCUT2D eigenvalue weighted by Crippen LogP contribution is 2.19. The van der Waals surface area contributed by atoms with Crippen molar-refractivity contribution in [3.63, 3.8) is 0 Å². The Morgan fingerprint density at radius 1 is 1.50 bits per heavy atom. The average Bonchev–Trinajstić information content (AvgIpc) is 3.06. The fourth-order valence-corrected chi connectivity index (χ4v) is 2.61. The van der Waals surface area contributed by atoms with E-state index in [0.717, 1.165) is 25.9 Å². The van der Waals surface area contributed by atoms with Crippen LogP contribution in [0.4, 0.5) is 0 Å². The molecule has 2 N–H and O–H groups in total. The van der Waals surface area contributed by atoms with Gasteiger partial charge in [0.05, 0.1) is 12.1 Å². The van der Waals surface area contributed by atoms with Gasteiger partial charge in [-0.25, -0.2) is 0 Å². The normalized spacial score (nSPS) is 18.9. The van der Waals surface area contributed by atoms with Crippen molar-refractivity contribution in [2.24, 2.45) is 5.92 Å². The number of carbonyl (C=O) groups is 1. The van der Waals surface area contributed by atoms with Gasteiger partial charge in [-0.1, -0.05) is 5.16 Å². The molecule has 1 fully saturated rings. The average molecular weight is 309 g/mol. The first-order valence-corrected chi connectivity index (χ1v) is 7.86. The summed E-state index contributed by atoms with van der Waals surface area (Å²) in [7, 11) is 3.88. The number of nitrogens with one attached hydrogen (secondary N) is 2. The van der Waals surface area contributed by atoms with E-state index in [1.54, 1.807) is 0 Å². The van der Waals surface area contributed by atoms with Crippen molar-refractivity contribution < 1.29 is 9.32 Å². The summed E-state index contributed by atoms with van der Waals surface area (Å²) in [6, 6.07) is 0. The third kappa shape index (κ3) is 4.78. The minimum absolute atomic E-state index is 0.0378. The van der Waals surface area contributed by atoms with Crippen LogP contribution in [0.15, 0.2) is 4.52 Å². The molecule has 22 heavy (non-hydrogen) atoms. The Bertz CT molecular complexity index is 492. The van der Waals surface area contributed by atoms with E-state index in [2.05, 4.69) is 20.8 Å². The van der Waals surface area contributed by atoms with Crippen LogP contribution >= 0.6 is 0 Å². The van der Waals surface area contributed by atoms with E-state index >= 15 is 0 Å². The van der Waals surface area contributed by atoms with Gasteiger partial charge in [0, 0.05) is 6.42 Å². The summed E-state index contributed by atoms with van der Waals surface area (Å²) >= 11 is 0. The summed E-state index contributed by atoms with van der Waals surface area (Å²) in [6.45, 7) is 6.47. The molecule has 1 atom stereocenters. The third-order valence-electron chi connectivity index (χ3n) is 3.87. The lowest BCUT2D eigenvalue weighted by atomic mass is 10.0. The van der Waals surface area contributed by atoms with Crippen LogP contribution in [0.3, 0.4) is 0 Å². The number of rotatable bonds is 7. The van der Waals surface area contributed by atoms with Crippen LogP contribution in [-0.2, 0) is 16.9 Å². The molecule has 1 aliphatic heterocycles. The number of carbonyl (C=O) groups excluding carboxylic acids is 1.